The summed E-state index contributed by atoms with van der Waals surface area (Å²) in [5.41, 5.74) is 3.07. The number of benzene rings is 2. The first-order valence-electron chi connectivity index (χ1n) is 11.8. The van der Waals surface area contributed by atoms with Crippen LogP contribution in [0.4, 0.5) is 0 Å². The zero-order valence-electron chi connectivity index (χ0n) is 21.0. The largest absolute Gasteiger partial charge is 0.465 e. The molecule has 0 atom stereocenters. The van der Waals surface area contributed by atoms with Gasteiger partial charge in [0.05, 0.1) is 24.8 Å². The summed E-state index contributed by atoms with van der Waals surface area (Å²) in [5, 5.41) is 9.32. The van der Waals surface area contributed by atoms with Crippen LogP contribution in [0.25, 0.3) is 22.6 Å². The van der Waals surface area contributed by atoms with Crippen molar-refractivity contribution >= 4 is 25.1 Å². The summed E-state index contributed by atoms with van der Waals surface area (Å²) in [6.07, 6.45) is 1.72. The fourth-order valence-corrected chi connectivity index (χ4v) is 4.41. The van der Waals surface area contributed by atoms with Crippen LogP contribution in [0.2, 0.25) is 25.7 Å². The zero-order valence-corrected chi connectivity index (χ0v) is 22.0. The van der Waals surface area contributed by atoms with E-state index >= 15 is 0 Å². The molecule has 0 aliphatic carbocycles. The van der Waals surface area contributed by atoms with Gasteiger partial charge in [-0.15, -0.1) is 0 Å². The molecule has 2 aromatic heterocycles. The quantitative estimate of drug-likeness (QED) is 0.173. The maximum atomic E-state index is 12.6. The number of fused-ring (bicyclic) bond motifs is 1. The minimum Gasteiger partial charge on any atom is -0.465 e. The molecule has 4 aromatic rings. The molecule has 9 heteroatoms. The van der Waals surface area contributed by atoms with Crippen LogP contribution in [0.3, 0.4) is 0 Å². The second-order valence-corrected chi connectivity index (χ2v) is 15.3. The van der Waals surface area contributed by atoms with Gasteiger partial charge in [-0.2, -0.15) is 0 Å². The van der Waals surface area contributed by atoms with Crippen LogP contribution < -0.4 is 4.74 Å². The van der Waals surface area contributed by atoms with E-state index in [1.54, 1.807) is 42.6 Å². The molecule has 1 N–H and O–H groups in total. The van der Waals surface area contributed by atoms with E-state index in [1.807, 2.05) is 22.8 Å². The van der Waals surface area contributed by atoms with Crippen LogP contribution in [-0.2, 0) is 22.8 Å². The summed E-state index contributed by atoms with van der Waals surface area (Å²) in [7, 11) is 0.0868. The first kappa shape index (κ1) is 25.6. The SMILES string of the molecule is COC(=O)c1cc2nc(-c3ccccn3)n(COCC[Si](C)(C)C)c2cc1Oc1ccc(CO)cc1. The molecule has 2 aromatic carbocycles. The van der Waals surface area contributed by atoms with Gasteiger partial charge in [0.25, 0.3) is 0 Å². The van der Waals surface area contributed by atoms with Crippen molar-refractivity contribution in [2.24, 2.45) is 0 Å². The fourth-order valence-electron chi connectivity index (χ4n) is 3.65. The van der Waals surface area contributed by atoms with Gasteiger partial charge in [-0.25, -0.2) is 9.78 Å². The van der Waals surface area contributed by atoms with Crippen molar-refractivity contribution in [1.82, 2.24) is 14.5 Å². The Labute approximate surface area is 211 Å². The van der Waals surface area contributed by atoms with Gasteiger partial charge >= 0.3 is 5.97 Å². The van der Waals surface area contributed by atoms with E-state index in [0.29, 0.717) is 35.1 Å². The van der Waals surface area contributed by atoms with Crippen LogP contribution in [0.1, 0.15) is 15.9 Å². The van der Waals surface area contributed by atoms with Crippen molar-refractivity contribution in [3.63, 3.8) is 0 Å². The number of esters is 1. The third-order valence-electron chi connectivity index (χ3n) is 5.70. The Morgan fingerprint density at radius 3 is 2.50 bits per heavy atom. The molecule has 0 aliphatic heterocycles. The topological polar surface area (TPSA) is 95.7 Å². The average molecular weight is 506 g/mol. The maximum absolute atomic E-state index is 12.6. The Morgan fingerprint density at radius 2 is 1.86 bits per heavy atom. The highest BCUT2D eigenvalue weighted by molar-refractivity contribution is 6.76. The number of hydrogen-bond acceptors (Lipinski definition) is 7. The minimum absolute atomic E-state index is 0.0627. The molecular weight excluding hydrogens is 474 g/mol. The Balaban J connectivity index is 1.78. The van der Waals surface area contributed by atoms with Crippen LogP contribution in [-0.4, -0.2) is 47.4 Å². The summed E-state index contributed by atoms with van der Waals surface area (Å²) >= 11 is 0. The van der Waals surface area contributed by atoms with Crippen molar-refractivity contribution in [2.45, 2.75) is 39.0 Å². The monoisotopic (exact) mass is 505 g/mol. The molecule has 0 radical (unpaired) electrons. The molecule has 8 nitrogen and oxygen atoms in total. The average Bonchev–Trinajstić information content (AvgIpc) is 3.23. The molecule has 0 saturated carbocycles. The van der Waals surface area contributed by atoms with Gasteiger partial charge < -0.3 is 19.3 Å². The normalized spacial score (nSPS) is 11.6. The second kappa shape index (κ2) is 11.0. The number of carbonyl (C=O) groups excluding carboxylic acids is 1. The van der Waals surface area contributed by atoms with Crippen LogP contribution in [0, 0.1) is 0 Å². The number of hydrogen-bond donors (Lipinski definition) is 1. The summed E-state index contributed by atoms with van der Waals surface area (Å²) in [6, 6.07) is 17.2. The molecule has 2 heterocycles. The summed E-state index contributed by atoms with van der Waals surface area (Å²) < 4.78 is 19.1. The van der Waals surface area contributed by atoms with Crippen molar-refractivity contribution in [2.75, 3.05) is 13.7 Å². The molecule has 0 aliphatic rings. The van der Waals surface area contributed by atoms with Gasteiger partial charge in [-0.3, -0.25) is 9.55 Å². The number of aliphatic hydroxyl groups excluding tert-OH is 1. The van der Waals surface area contributed by atoms with Crippen molar-refractivity contribution in [1.29, 1.82) is 0 Å². The smallest absolute Gasteiger partial charge is 0.341 e. The Bertz CT molecular complexity index is 1330. The van der Waals surface area contributed by atoms with Crippen LogP contribution >= 0.6 is 0 Å². The number of methoxy groups -OCH3 is 1. The first-order valence-corrected chi connectivity index (χ1v) is 15.5. The molecular formula is C27H31N3O5Si. The standard InChI is InChI=1S/C27H31N3O5Si/c1-33-27(32)21-15-23-24(16-25(21)35-20-10-8-19(17-31)9-11-20)30(18-34-13-14-36(2,3)4)26(29-23)22-7-5-6-12-28-22/h5-12,15-16,31H,13-14,17-18H2,1-4H3. The van der Waals surface area contributed by atoms with E-state index in [1.165, 1.54) is 7.11 Å². The van der Waals surface area contributed by atoms with Gasteiger partial charge in [0.15, 0.2) is 5.82 Å². The highest BCUT2D eigenvalue weighted by atomic mass is 28.3. The molecule has 0 saturated heterocycles. The van der Waals surface area contributed by atoms with E-state index in [0.717, 1.165) is 17.1 Å². The fraction of sp³-hybridized carbons (Fsp3) is 0.296. The van der Waals surface area contributed by atoms with Gasteiger partial charge in [0, 0.05) is 26.9 Å². The van der Waals surface area contributed by atoms with Crippen LogP contribution in [0.5, 0.6) is 11.5 Å². The first-order chi connectivity index (χ1) is 17.3. The van der Waals surface area contributed by atoms with Gasteiger partial charge in [-0.1, -0.05) is 37.8 Å². The Kier molecular flexibility index (Phi) is 7.83. The number of aromatic nitrogens is 3. The van der Waals surface area contributed by atoms with E-state index in [-0.39, 0.29) is 18.9 Å². The van der Waals surface area contributed by atoms with Gasteiger partial charge in [-0.05, 0) is 41.9 Å². The van der Waals surface area contributed by atoms with E-state index in [2.05, 4.69) is 24.6 Å². The minimum atomic E-state index is -1.24. The van der Waals surface area contributed by atoms with E-state index in [4.69, 9.17) is 19.2 Å². The highest BCUT2D eigenvalue weighted by Crippen LogP contribution is 2.33. The number of rotatable bonds is 10. The van der Waals surface area contributed by atoms with Gasteiger partial charge in [0.2, 0.25) is 0 Å². The molecule has 0 spiro atoms. The van der Waals surface area contributed by atoms with Crippen LogP contribution in [0.15, 0.2) is 60.8 Å². The number of nitrogens with zero attached hydrogens (tertiary/aromatic N) is 3. The lowest BCUT2D eigenvalue weighted by atomic mass is 10.1. The molecule has 0 unspecified atom stereocenters. The molecule has 188 valence electrons. The number of pyridine rings is 1. The number of ether oxygens (including phenoxy) is 3. The van der Waals surface area contributed by atoms with Crippen molar-refractivity contribution < 1.29 is 24.1 Å². The Hall–Kier alpha value is -3.53. The summed E-state index contributed by atoms with van der Waals surface area (Å²) in [5.74, 6) is 0.971. The third-order valence-corrected chi connectivity index (χ3v) is 7.40. The lowest BCUT2D eigenvalue weighted by Gasteiger charge is -2.16. The second-order valence-electron chi connectivity index (χ2n) is 9.66. The lowest BCUT2D eigenvalue weighted by Crippen LogP contribution is -2.22. The molecule has 0 fully saturated rings. The van der Waals surface area contributed by atoms with Crippen molar-refractivity contribution in [3.05, 3.63) is 71.9 Å². The summed E-state index contributed by atoms with van der Waals surface area (Å²) in [6.45, 7) is 7.81. The molecule has 0 amide bonds. The van der Waals surface area contributed by atoms with E-state index < -0.39 is 14.0 Å². The van der Waals surface area contributed by atoms with Crippen molar-refractivity contribution in [3.8, 4) is 23.0 Å². The van der Waals surface area contributed by atoms with E-state index in [9.17, 15) is 9.90 Å². The number of carbonyl (C=O) groups is 1. The molecule has 36 heavy (non-hydrogen) atoms. The summed E-state index contributed by atoms with van der Waals surface area (Å²) in [4.78, 5) is 21.9. The number of imidazole rings is 1. The third kappa shape index (κ3) is 5.99. The lowest BCUT2D eigenvalue weighted by molar-refractivity contribution is 0.0598. The maximum Gasteiger partial charge on any atom is 0.341 e. The number of aliphatic hydroxyl groups is 1. The highest BCUT2D eigenvalue weighted by Gasteiger charge is 2.21. The van der Waals surface area contributed by atoms with Gasteiger partial charge in [0.1, 0.15) is 29.5 Å². The predicted molar refractivity (Wildman–Crippen MR) is 141 cm³/mol. The molecule has 0 bridgehead atoms. The predicted octanol–water partition coefficient (Wildman–Crippen LogP) is 5.48. The Morgan fingerprint density at radius 1 is 1.08 bits per heavy atom. The molecule has 4 rings (SSSR count). The zero-order chi connectivity index (χ0) is 25.7.